The molecule has 0 unspecified atom stereocenters. The van der Waals surface area contributed by atoms with E-state index >= 15 is 0 Å². The number of nitrogen functional groups attached to an aromatic ring is 1. The lowest BCUT2D eigenvalue weighted by Crippen LogP contribution is -2.34. The van der Waals surface area contributed by atoms with Crippen LogP contribution < -0.4 is 10.5 Å². The van der Waals surface area contributed by atoms with Gasteiger partial charge in [0.15, 0.2) is 6.61 Å². The molecule has 0 aliphatic heterocycles. The summed E-state index contributed by atoms with van der Waals surface area (Å²) in [5, 5.41) is 15.5. The van der Waals surface area contributed by atoms with E-state index in [1.165, 1.54) is 12.1 Å². The van der Waals surface area contributed by atoms with E-state index in [-0.39, 0.29) is 41.9 Å². The molecule has 0 saturated carbocycles. The minimum Gasteiger partial charge on any atom is -0.482 e. The van der Waals surface area contributed by atoms with Gasteiger partial charge in [-0.2, -0.15) is 5.26 Å². The van der Waals surface area contributed by atoms with Crippen molar-refractivity contribution in [3.63, 3.8) is 0 Å². The Morgan fingerprint density at radius 3 is 2.61 bits per heavy atom. The highest BCUT2D eigenvalue weighted by atomic mass is 35.5. The maximum atomic E-state index is 14.3. The molecule has 0 spiro atoms. The molecule has 0 aliphatic carbocycles. The number of hydrogen-bond donors (Lipinski definition) is 1. The topological polar surface area (TPSA) is 118 Å². The predicted octanol–water partition coefficient (Wildman–Crippen LogP) is 3.20. The first-order chi connectivity index (χ1) is 14.8. The molecular weight excluding hydrogens is 439 g/mol. The van der Waals surface area contributed by atoms with Crippen LogP contribution in [0.25, 0.3) is 0 Å². The van der Waals surface area contributed by atoms with Crippen molar-refractivity contribution >= 4 is 23.5 Å². The number of ether oxygens (including phenoxy) is 1. The minimum absolute atomic E-state index is 0.0327. The molecule has 0 atom stereocenters. The SMILES string of the molecule is N#Cc1ccc(CN(Cc2nnc(N)o2)C(=O)COc2cc(F)cc(F)c2Cl)c(F)c1. The van der Waals surface area contributed by atoms with Crippen molar-refractivity contribution in [3.8, 4) is 11.8 Å². The number of anilines is 1. The molecule has 1 heterocycles. The van der Waals surface area contributed by atoms with Gasteiger partial charge in [0.05, 0.1) is 18.2 Å². The van der Waals surface area contributed by atoms with E-state index in [2.05, 4.69) is 10.2 Å². The van der Waals surface area contributed by atoms with Crippen LogP contribution in [0.1, 0.15) is 17.0 Å². The van der Waals surface area contributed by atoms with Crippen LogP contribution in [0.5, 0.6) is 5.75 Å². The molecule has 0 saturated heterocycles. The van der Waals surface area contributed by atoms with Gasteiger partial charge in [-0.3, -0.25) is 4.79 Å². The second-order valence-corrected chi connectivity index (χ2v) is 6.57. The van der Waals surface area contributed by atoms with Crippen LogP contribution in [0.2, 0.25) is 5.02 Å². The van der Waals surface area contributed by atoms with Crippen LogP contribution in [0, 0.1) is 28.8 Å². The molecule has 0 radical (unpaired) electrons. The molecule has 0 fully saturated rings. The second kappa shape index (κ2) is 9.36. The van der Waals surface area contributed by atoms with Crippen molar-refractivity contribution in [2.24, 2.45) is 0 Å². The molecule has 160 valence electrons. The fourth-order valence-corrected chi connectivity index (χ4v) is 2.71. The molecule has 1 aromatic heterocycles. The number of aromatic nitrogens is 2. The number of benzene rings is 2. The lowest BCUT2D eigenvalue weighted by molar-refractivity contribution is -0.135. The Kier molecular flexibility index (Phi) is 6.61. The third kappa shape index (κ3) is 5.43. The van der Waals surface area contributed by atoms with Crippen molar-refractivity contribution in [1.29, 1.82) is 5.26 Å². The molecule has 3 aromatic rings. The van der Waals surface area contributed by atoms with Crippen molar-refractivity contribution in [2.75, 3.05) is 12.3 Å². The first-order valence-electron chi connectivity index (χ1n) is 8.58. The number of rotatable bonds is 7. The molecular formula is C19H13ClF3N5O3. The van der Waals surface area contributed by atoms with Gasteiger partial charge in [0.25, 0.3) is 5.91 Å². The Hall–Kier alpha value is -3.78. The summed E-state index contributed by atoms with van der Waals surface area (Å²) in [5.41, 5.74) is 5.57. The summed E-state index contributed by atoms with van der Waals surface area (Å²) >= 11 is 5.73. The van der Waals surface area contributed by atoms with Crippen molar-refractivity contribution in [2.45, 2.75) is 13.1 Å². The van der Waals surface area contributed by atoms with Gasteiger partial charge < -0.3 is 19.8 Å². The van der Waals surface area contributed by atoms with Crippen molar-refractivity contribution < 1.29 is 27.1 Å². The predicted molar refractivity (Wildman–Crippen MR) is 101 cm³/mol. The van der Waals surface area contributed by atoms with Crippen LogP contribution in [0.3, 0.4) is 0 Å². The Morgan fingerprint density at radius 1 is 1.19 bits per heavy atom. The summed E-state index contributed by atoms with van der Waals surface area (Å²) in [6.45, 7) is -1.19. The van der Waals surface area contributed by atoms with Crippen LogP contribution in [-0.2, 0) is 17.9 Å². The lowest BCUT2D eigenvalue weighted by atomic mass is 10.1. The van der Waals surface area contributed by atoms with E-state index in [1.807, 2.05) is 0 Å². The van der Waals surface area contributed by atoms with Gasteiger partial charge in [0.2, 0.25) is 5.89 Å². The number of carbonyl (C=O) groups excluding carboxylic acids is 1. The molecule has 0 aliphatic rings. The first kappa shape index (κ1) is 21.9. The molecule has 8 nitrogen and oxygen atoms in total. The highest BCUT2D eigenvalue weighted by molar-refractivity contribution is 6.32. The molecule has 3 rings (SSSR count). The Bertz CT molecular complexity index is 1170. The number of nitrogens with two attached hydrogens (primary N) is 1. The first-order valence-corrected chi connectivity index (χ1v) is 8.96. The van der Waals surface area contributed by atoms with E-state index in [1.54, 1.807) is 6.07 Å². The fourth-order valence-electron chi connectivity index (χ4n) is 2.54. The lowest BCUT2D eigenvalue weighted by Gasteiger charge is -2.22. The number of carbonyl (C=O) groups is 1. The minimum atomic E-state index is -1.05. The van der Waals surface area contributed by atoms with Gasteiger partial charge in [-0.1, -0.05) is 22.8 Å². The van der Waals surface area contributed by atoms with Gasteiger partial charge in [0, 0.05) is 24.2 Å². The smallest absolute Gasteiger partial charge is 0.312 e. The summed E-state index contributed by atoms with van der Waals surface area (Å²) in [7, 11) is 0. The molecule has 12 heteroatoms. The largest absolute Gasteiger partial charge is 0.482 e. The van der Waals surface area contributed by atoms with E-state index in [0.717, 1.165) is 17.0 Å². The van der Waals surface area contributed by atoms with Gasteiger partial charge in [-0.15, -0.1) is 5.10 Å². The quantitative estimate of drug-likeness (QED) is 0.548. The average molecular weight is 452 g/mol. The summed E-state index contributed by atoms with van der Waals surface area (Å²) in [6.07, 6.45) is 0. The zero-order valence-electron chi connectivity index (χ0n) is 15.6. The Labute approximate surface area is 178 Å². The highest BCUT2D eigenvalue weighted by Gasteiger charge is 2.21. The number of amides is 1. The van der Waals surface area contributed by atoms with Gasteiger partial charge in [0.1, 0.15) is 28.2 Å². The maximum absolute atomic E-state index is 14.3. The molecule has 1 amide bonds. The van der Waals surface area contributed by atoms with E-state index in [0.29, 0.717) is 6.07 Å². The number of nitrogens with zero attached hydrogens (tertiary/aromatic N) is 4. The molecule has 31 heavy (non-hydrogen) atoms. The van der Waals surface area contributed by atoms with Gasteiger partial charge >= 0.3 is 6.01 Å². The maximum Gasteiger partial charge on any atom is 0.312 e. The Balaban J connectivity index is 1.80. The standard InChI is InChI=1S/C19H13ClF3N5O3/c20-18-14(23)4-12(21)5-15(18)30-9-17(29)28(8-16-26-27-19(25)31-16)7-11-2-1-10(6-24)3-13(11)22/h1-5H,7-9H2,(H2,25,27). The van der Waals surface area contributed by atoms with Crippen LogP contribution >= 0.6 is 11.6 Å². The van der Waals surface area contributed by atoms with Crippen LogP contribution in [0.15, 0.2) is 34.7 Å². The second-order valence-electron chi connectivity index (χ2n) is 6.19. The molecule has 0 bridgehead atoms. The Morgan fingerprint density at radius 2 is 1.97 bits per heavy atom. The van der Waals surface area contributed by atoms with Crippen molar-refractivity contribution in [1.82, 2.24) is 15.1 Å². The normalized spacial score (nSPS) is 10.5. The van der Waals surface area contributed by atoms with Gasteiger partial charge in [-0.25, -0.2) is 13.2 Å². The monoisotopic (exact) mass is 451 g/mol. The van der Waals surface area contributed by atoms with Gasteiger partial charge in [-0.05, 0) is 12.1 Å². The zero-order chi connectivity index (χ0) is 22.5. The number of halogens is 4. The summed E-state index contributed by atoms with van der Waals surface area (Å²) in [4.78, 5) is 13.8. The van der Waals surface area contributed by atoms with E-state index in [9.17, 15) is 18.0 Å². The number of hydrogen-bond acceptors (Lipinski definition) is 7. The van der Waals surface area contributed by atoms with E-state index in [4.69, 9.17) is 31.8 Å². The fraction of sp³-hybridized carbons (Fsp3) is 0.158. The number of nitriles is 1. The molecule has 2 N–H and O–H groups in total. The highest BCUT2D eigenvalue weighted by Crippen LogP contribution is 2.28. The van der Waals surface area contributed by atoms with Crippen LogP contribution in [-0.4, -0.2) is 27.6 Å². The van der Waals surface area contributed by atoms with E-state index < -0.39 is 35.0 Å². The summed E-state index contributed by atoms with van der Waals surface area (Å²) in [5.74, 6) is -3.82. The zero-order valence-corrected chi connectivity index (χ0v) is 16.4. The van der Waals surface area contributed by atoms with Crippen LogP contribution in [0.4, 0.5) is 19.2 Å². The summed E-state index contributed by atoms with van der Waals surface area (Å²) in [6, 6.07) is 6.71. The summed E-state index contributed by atoms with van der Waals surface area (Å²) < 4.78 is 51.5. The third-order valence-electron chi connectivity index (χ3n) is 4.02. The average Bonchev–Trinajstić information content (AvgIpc) is 3.14. The third-order valence-corrected chi connectivity index (χ3v) is 4.38. The van der Waals surface area contributed by atoms with Crippen molar-refractivity contribution in [3.05, 3.63) is 69.8 Å². The molecule has 2 aromatic carbocycles.